The first-order chi connectivity index (χ1) is 6.36. The van der Waals surface area contributed by atoms with Crippen LogP contribution in [0.25, 0.3) is 0 Å². The fourth-order valence-corrected chi connectivity index (χ4v) is 1.48. The van der Waals surface area contributed by atoms with Gasteiger partial charge in [0.05, 0.1) is 5.56 Å². The molecule has 0 aliphatic rings. The van der Waals surface area contributed by atoms with Gasteiger partial charge in [-0.2, -0.15) is 13.2 Å². The lowest BCUT2D eigenvalue weighted by atomic mass is 10.1. The Bertz CT molecular complexity index is 376. The van der Waals surface area contributed by atoms with Gasteiger partial charge in [-0.3, -0.25) is 4.79 Å². The Morgan fingerprint density at radius 1 is 1.36 bits per heavy atom. The second-order valence-electron chi connectivity index (χ2n) is 2.57. The third kappa shape index (κ3) is 2.06. The van der Waals surface area contributed by atoms with Crippen molar-refractivity contribution in [2.24, 2.45) is 0 Å². The number of halogens is 4. The highest BCUT2D eigenvalue weighted by atomic mass is 79.9. The van der Waals surface area contributed by atoms with E-state index in [1.807, 2.05) is 0 Å². The molecule has 0 radical (unpaired) electrons. The molecule has 1 aromatic rings. The van der Waals surface area contributed by atoms with Crippen LogP contribution in [-0.2, 0) is 6.18 Å². The van der Waals surface area contributed by atoms with Crippen LogP contribution in [0.2, 0.25) is 0 Å². The summed E-state index contributed by atoms with van der Waals surface area (Å²) in [5.74, 6) is 0. The van der Waals surface area contributed by atoms with Gasteiger partial charge in [0.2, 0.25) is 0 Å². The number of hydrogen-bond donors (Lipinski definition) is 1. The summed E-state index contributed by atoms with van der Waals surface area (Å²) in [6, 6.07) is 2.07. The number of anilines is 1. The second kappa shape index (κ2) is 3.61. The Morgan fingerprint density at radius 3 is 2.36 bits per heavy atom. The molecule has 0 aliphatic heterocycles. The summed E-state index contributed by atoms with van der Waals surface area (Å²) in [7, 11) is 0. The number of hydrogen-bond acceptors (Lipinski definition) is 2. The number of aldehydes is 1. The Kier molecular flexibility index (Phi) is 2.84. The van der Waals surface area contributed by atoms with Crippen molar-refractivity contribution < 1.29 is 18.0 Å². The molecule has 0 fully saturated rings. The quantitative estimate of drug-likeness (QED) is 0.628. The molecule has 1 rings (SSSR count). The molecule has 0 spiro atoms. The van der Waals surface area contributed by atoms with E-state index in [1.165, 1.54) is 6.07 Å². The molecule has 2 nitrogen and oxygen atoms in total. The molecule has 0 bridgehead atoms. The summed E-state index contributed by atoms with van der Waals surface area (Å²) in [6.45, 7) is 0. The Hall–Kier alpha value is -1.04. The topological polar surface area (TPSA) is 43.1 Å². The van der Waals surface area contributed by atoms with Gasteiger partial charge < -0.3 is 5.73 Å². The highest BCUT2D eigenvalue weighted by Gasteiger charge is 2.34. The molecule has 6 heteroatoms. The Labute approximate surface area is 86.0 Å². The molecule has 14 heavy (non-hydrogen) atoms. The standard InChI is InChI=1S/C8H5BrF3NO/c9-4-1-6(8(10,11)12)5(3-14)7(13)2-4/h1-3H,13H2. The number of nitrogen functional groups attached to an aromatic ring is 1. The van der Waals surface area contributed by atoms with E-state index in [-0.39, 0.29) is 16.4 Å². The summed E-state index contributed by atoms with van der Waals surface area (Å²) < 4.78 is 37.3. The largest absolute Gasteiger partial charge is 0.417 e. The number of benzene rings is 1. The van der Waals surface area contributed by atoms with Gasteiger partial charge in [-0.1, -0.05) is 15.9 Å². The van der Waals surface area contributed by atoms with Crippen molar-refractivity contribution in [2.45, 2.75) is 6.18 Å². The van der Waals surface area contributed by atoms with Gasteiger partial charge in [-0.25, -0.2) is 0 Å². The lowest BCUT2D eigenvalue weighted by Gasteiger charge is -2.11. The zero-order valence-corrected chi connectivity index (χ0v) is 8.32. The zero-order chi connectivity index (χ0) is 10.9. The zero-order valence-electron chi connectivity index (χ0n) is 6.73. The van der Waals surface area contributed by atoms with E-state index in [1.54, 1.807) is 0 Å². The number of carbonyl (C=O) groups is 1. The normalized spacial score (nSPS) is 11.4. The van der Waals surface area contributed by atoms with Crippen molar-refractivity contribution in [3.8, 4) is 0 Å². The molecule has 0 amide bonds. The third-order valence-electron chi connectivity index (χ3n) is 1.60. The molecule has 76 valence electrons. The van der Waals surface area contributed by atoms with Crippen LogP contribution in [-0.4, -0.2) is 6.29 Å². The van der Waals surface area contributed by atoms with E-state index in [0.29, 0.717) is 0 Å². The minimum absolute atomic E-state index is 0.102. The van der Waals surface area contributed by atoms with Crippen LogP contribution in [0.1, 0.15) is 15.9 Å². The SMILES string of the molecule is Nc1cc(Br)cc(C(F)(F)F)c1C=O. The van der Waals surface area contributed by atoms with Gasteiger partial charge in [0.15, 0.2) is 6.29 Å². The van der Waals surface area contributed by atoms with Crippen molar-refractivity contribution in [2.75, 3.05) is 5.73 Å². The smallest absolute Gasteiger partial charge is 0.398 e. The first-order valence-electron chi connectivity index (χ1n) is 3.47. The van der Waals surface area contributed by atoms with Gasteiger partial charge in [-0.05, 0) is 12.1 Å². The Morgan fingerprint density at radius 2 is 1.93 bits per heavy atom. The summed E-state index contributed by atoms with van der Waals surface area (Å²) in [4.78, 5) is 10.4. The first kappa shape index (κ1) is 11.0. The molecule has 0 heterocycles. The van der Waals surface area contributed by atoms with Gasteiger partial charge >= 0.3 is 6.18 Å². The maximum atomic E-state index is 12.4. The monoisotopic (exact) mass is 267 g/mol. The van der Waals surface area contributed by atoms with E-state index >= 15 is 0 Å². The van der Waals surface area contributed by atoms with Crippen LogP contribution < -0.4 is 5.73 Å². The van der Waals surface area contributed by atoms with Crippen molar-refractivity contribution >= 4 is 27.9 Å². The van der Waals surface area contributed by atoms with Crippen LogP contribution in [0.4, 0.5) is 18.9 Å². The van der Waals surface area contributed by atoms with Crippen molar-refractivity contribution in [3.63, 3.8) is 0 Å². The van der Waals surface area contributed by atoms with Gasteiger partial charge in [0, 0.05) is 15.7 Å². The van der Waals surface area contributed by atoms with Gasteiger partial charge in [0.25, 0.3) is 0 Å². The van der Waals surface area contributed by atoms with E-state index < -0.39 is 17.3 Å². The predicted molar refractivity (Wildman–Crippen MR) is 48.9 cm³/mol. The van der Waals surface area contributed by atoms with E-state index in [0.717, 1.165) is 6.07 Å². The summed E-state index contributed by atoms with van der Waals surface area (Å²) in [5.41, 5.74) is 3.52. The highest BCUT2D eigenvalue weighted by Crippen LogP contribution is 2.35. The Balaban J connectivity index is 3.48. The fraction of sp³-hybridized carbons (Fsp3) is 0.125. The van der Waals surface area contributed by atoms with E-state index in [9.17, 15) is 18.0 Å². The lowest BCUT2D eigenvalue weighted by molar-refractivity contribution is -0.137. The minimum Gasteiger partial charge on any atom is -0.398 e. The molecular formula is C8H5BrF3NO. The van der Waals surface area contributed by atoms with Crippen molar-refractivity contribution in [1.29, 1.82) is 0 Å². The average molecular weight is 268 g/mol. The number of rotatable bonds is 1. The van der Waals surface area contributed by atoms with Crippen molar-refractivity contribution in [1.82, 2.24) is 0 Å². The first-order valence-corrected chi connectivity index (χ1v) is 4.27. The number of carbonyl (C=O) groups excluding carboxylic acids is 1. The third-order valence-corrected chi connectivity index (χ3v) is 2.06. The van der Waals surface area contributed by atoms with Crippen LogP contribution in [0.15, 0.2) is 16.6 Å². The van der Waals surface area contributed by atoms with Crippen molar-refractivity contribution in [3.05, 3.63) is 27.7 Å². The van der Waals surface area contributed by atoms with Crippen LogP contribution >= 0.6 is 15.9 Å². The van der Waals surface area contributed by atoms with E-state index in [4.69, 9.17) is 5.73 Å². The molecule has 0 unspecified atom stereocenters. The summed E-state index contributed by atoms with van der Waals surface area (Å²) in [6.07, 6.45) is -4.47. The second-order valence-corrected chi connectivity index (χ2v) is 3.49. The summed E-state index contributed by atoms with van der Waals surface area (Å²) in [5, 5.41) is 0. The predicted octanol–water partition coefficient (Wildman–Crippen LogP) is 2.86. The van der Waals surface area contributed by atoms with Crippen LogP contribution in [0, 0.1) is 0 Å². The molecule has 2 N–H and O–H groups in total. The molecule has 0 saturated carbocycles. The van der Waals surface area contributed by atoms with Gasteiger partial charge in [0.1, 0.15) is 0 Å². The van der Waals surface area contributed by atoms with Crippen LogP contribution in [0.3, 0.4) is 0 Å². The summed E-state index contributed by atoms with van der Waals surface area (Å²) >= 11 is 2.87. The van der Waals surface area contributed by atoms with E-state index in [2.05, 4.69) is 15.9 Å². The molecular weight excluding hydrogens is 263 g/mol. The average Bonchev–Trinajstić information content (AvgIpc) is 2.01. The molecule has 0 atom stereocenters. The van der Waals surface area contributed by atoms with Crippen LogP contribution in [0.5, 0.6) is 0 Å². The number of alkyl halides is 3. The minimum atomic E-state index is -4.58. The molecule has 0 saturated heterocycles. The van der Waals surface area contributed by atoms with Gasteiger partial charge in [-0.15, -0.1) is 0 Å². The highest BCUT2D eigenvalue weighted by molar-refractivity contribution is 9.10. The maximum Gasteiger partial charge on any atom is 0.417 e. The molecule has 0 aliphatic carbocycles. The molecule has 0 aromatic heterocycles. The fourth-order valence-electron chi connectivity index (χ4n) is 1.01. The maximum absolute atomic E-state index is 12.4. The lowest BCUT2D eigenvalue weighted by Crippen LogP contribution is -2.11. The molecule has 1 aromatic carbocycles. The number of nitrogens with two attached hydrogens (primary N) is 1.